The van der Waals surface area contributed by atoms with Crippen LogP contribution in [-0.4, -0.2) is 38.5 Å². The van der Waals surface area contributed by atoms with Crippen LogP contribution < -0.4 is 5.32 Å². The number of rotatable bonds is 8. The van der Waals surface area contributed by atoms with Gasteiger partial charge in [-0.1, -0.05) is 30.7 Å². The molecule has 2 aromatic rings. The highest BCUT2D eigenvalue weighted by atomic mass is 32.2. The van der Waals surface area contributed by atoms with Crippen molar-refractivity contribution < 1.29 is 13.2 Å². The summed E-state index contributed by atoms with van der Waals surface area (Å²) in [7, 11) is -2.29. The molecule has 0 aliphatic rings. The number of nitrogens with one attached hydrogen (secondary N) is 1. The molecule has 2 aromatic carbocycles. The Balaban J connectivity index is 2.09. The fourth-order valence-electron chi connectivity index (χ4n) is 3.07. The van der Waals surface area contributed by atoms with Gasteiger partial charge in [-0.2, -0.15) is 4.31 Å². The molecular formula is C21H28N2O3S2. The summed E-state index contributed by atoms with van der Waals surface area (Å²) >= 11 is 1.54. The SMILES string of the molecule is CC[C@@H](NC(=O)CN(C)S(=O)(=O)c1ccc(SC)cc1)c1ccc(C)cc1C. The smallest absolute Gasteiger partial charge is 0.243 e. The van der Waals surface area contributed by atoms with Gasteiger partial charge in [-0.25, -0.2) is 8.42 Å². The summed E-state index contributed by atoms with van der Waals surface area (Å²) in [6.45, 7) is 5.82. The first-order chi connectivity index (χ1) is 13.2. The Morgan fingerprint density at radius 1 is 1.14 bits per heavy atom. The number of hydrogen-bond donors (Lipinski definition) is 1. The van der Waals surface area contributed by atoms with E-state index in [9.17, 15) is 13.2 Å². The average Bonchev–Trinajstić information content (AvgIpc) is 2.66. The van der Waals surface area contributed by atoms with Gasteiger partial charge in [-0.15, -0.1) is 11.8 Å². The number of nitrogens with zero attached hydrogens (tertiary/aromatic N) is 1. The summed E-state index contributed by atoms with van der Waals surface area (Å²) in [5.74, 6) is -0.321. The lowest BCUT2D eigenvalue weighted by atomic mass is 9.97. The van der Waals surface area contributed by atoms with Crippen molar-refractivity contribution in [1.29, 1.82) is 0 Å². The van der Waals surface area contributed by atoms with Crippen LogP contribution in [-0.2, 0) is 14.8 Å². The predicted octanol–water partition coefficient (Wildman–Crippen LogP) is 3.91. The molecule has 0 heterocycles. The van der Waals surface area contributed by atoms with E-state index < -0.39 is 10.0 Å². The molecule has 28 heavy (non-hydrogen) atoms. The molecule has 0 saturated carbocycles. The highest BCUT2D eigenvalue weighted by Gasteiger charge is 2.24. The van der Waals surface area contributed by atoms with E-state index in [1.54, 1.807) is 36.0 Å². The van der Waals surface area contributed by atoms with E-state index in [1.165, 1.54) is 12.6 Å². The molecule has 0 bridgehead atoms. The topological polar surface area (TPSA) is 66.5 Å². The van der Waals surface area contributed by atoms with E-state index in [1.807, 2.05) is 39.2 Å². The molecule has 0 spiro atoms. The number of thioether (sulfide) groups is 1. The summed E-state index contributed by atoms with van der Waals surface area (Å²) in [6.07, 6.45) is 2.65. The van der Waals surface area contributed by atoms with Gasteiger partial charge < -0.3 is 5.32 Å². The zero-order valence-electron chi connectivity index (χ0n) is 17.0. The van der Waals surface area contributed by atoms with Gasteiger partial charge in [-0.3, -0.25) is 4.79 Å². The van der Waals surface area contributed by atoms with Gasteiger partial charge in [0.1, 0.15) is 0 Å². The lowest BCUT2D eigenvalue weighted by molar-refractivity contribution is -0.121. The molecule has 2 rings (SSSR count). The minimum atomic E-state index is -3.72. The number of amides is 1. The van der Waals surface area contributed by atoms with Crippen molar-refractivity contribution in [3.8, 4) is 0 Å². The van der Waals surface area contributed by atoms with E-state index in [4.69, 9.17) is 0 Å². The molecule has 1 atom stereocenters. The fourth-order valence-corrected chi connectivity index (χ4v) is 4.61. The normalized spacial score (nSPS) is 12.8. The van der Waals surface area contributed by atoms with Crippen molar-refractivity contribution in [3.63, 3.8) is 0 Å². The van der Waals surface area contributed by atoms with E-state index in [0.717, 1.165) is 26.7 Å². The first-order valence-corrected chi connectivity index (χ1v) is 11.8. The Kier molecular flexibility index (Phi) is 7.69. The molecule has 7 heteroatoms. The molecular weight excluding hydrogens is 392 g/mol. The second-order valence-electron chi connectivity index (χ2n) is 6.83. The predicted molar refractivity (Wildman–Crippen MR) is 115 cm³/mol. The van der Waals surface area contributed by atoms with Crippen LogP contribution in [0.25, 0.3) is 0 Å². The number of hydrogen-bond acceptors (Lipinski definition) is 4. The molecule has 0 aliphatic heterocycles. The van der Waals surface area contributed by atoms with Crippen LogP contribution in [0.1, 0.15) is 36.1 Å². The number of sulfonamides is 1. The van der Waals surface area contributed by atoms with Crippen molar-refractivity contribution in [2.24, 2.45) is 0 Å². The number of benzene rings is 2. The first kappa shape index (κ1) is 22.5. The highest BCUT2D eigenvalue weighted by molar-refractivity contribution is 7.98. The van der Waals surface area contributed by atoms with E-state index in [2.05, 4.69) is 11.4 Å². The summed E-state index contributed by atoms with van der Waals surface area (Å²) < 4.78 is 26.5. The summed E-state index contributed by atoms with van der Waals surface area (Å²) in [6, 6.07) is 12.6. The summed E-state index contributed by atoms with van der Waals surface area (Å²) in [5, 5.41) is 2.97. The minimum absolute atomic E-state index is 0.148. The van der Waals surface area contributed by atoms with E-state index in [-0.39, 0.29) is 23.4 Å². The van der Waals surface area contributed by atoms with E-state index in [0.29, 0.717) is 0 Å². The van der Waals surface area contributed by atoms with Gasteiger partial charge in [0, 0.05) is 11.9 Å². The number of carbonyl (C=O) groups is 1. The van der Waals surface area contributed by atoms with Gasteiger partial charge in [0.25, 0.3) is 0 Å². The van der Waals surface area contributed by atoms with Crippen molar-refractivity contribution in [1.82, 2.24) is 9.62 Å². The third-order valence-electron chi connectivity index (χ3n) is 4.68. The third kappa shape index (κ3) is 5.37. The maximum absolute atomic E-state index is 12.7. The molecule has 0 unspecified atom stereocenters. The second-order valence-corrected chi connectivity index (χ2v) is 9.75. The number of aryl methyl sites for hydroxylation is 2. The fraction of sp³-hybridized carbons (Fsp3) is 0.381. The van der Waals surface area contributed by atoms with Gasteiger partial charge in [0.15, 0.2) is 0 Å². The number of likely N-dealkylation sites (N-methyl/N-ethyl adjacent to an activating group) is 1. The maximum Gasteiger partial charge on any atom is 0.243 e. The lowest BCUT2D eigenvalue weighted by Gasteiger charge is -2.22. The molecule has 1 amide bonds. The van der Waals surface area contributed by atoms with Crippen LogP contribution in [0.5, 0.6) is 0 Å². The van der Waals surface area contributed by atoms with Crippen LogP contribution in [0.2, 0.25) is 0 Å². The Labute approximate surface area is 172 Å². The summed E-state index contributed by atoms with van der Waals surface area (Å²) in [5.41, 5.74) is 3.34. The van der Waals surface area contributed by atoms with Crippen molar-refractivity contribution in [3.05, 3.63) is 59.2 Å². The maximum atomic E-state index is 12.7. The molecule has 0 aliphatic carbocycles. The van der Waals surface area contributed by atoms with E-state index >= 15 is 0 Å². The Hall–Kier alpha value is -1.83. The Bertz CT molecular complexity index is 925. The molecule has 5 nitrogen and oxygen atoms in total. The van der Waals surface area contributed by atoms with Crippen LogP contribution in [0.15, 0.2) is 52.3 Å². The molecule has 0 saturated heterocycles. The van der Waals surface area contributed by atoms with Gasteiger partial charge in [0.2, 0.25) is 15.9 Å². The Morgan fingerprint density at radius 2 is 1.79 bits per heavy atom. The van der Waals surface area contributed by atoms with Crippen molar-refractivity contribution in [2.75, 3.05) is 19.8 Å². The zero-order chi connectivity index (χ0) is 20.9. The molecule has 1 N–H and O–H groups in total. The largest absolute Gasteiger partial charge is 0.348 e. The minimum Gasteiger partial charge on any atom is -0.348 e. The van der Waals surface area contributed by atoms with Crippen LogP contribution in [0, 0.1) is 13.8 Å². The van der Waals surface area contributed by atoms with Gasteiger partial charge in [-0.05, 0) is 61.9 Å². The molecule has 152 valence electrons. The third-order valence-corrected chi connectivity index (χ3v) is 7.24. The quantitative estimate of drug-likeness (QED) is 0.658. The first-order valence-electron chi connectivity index (χ1n) is 9.16. The second kappa shape index (κ2) is 9.58. The lowest BCUT2D eigenvalue weighted by Crippen LogP contribution is -2.39. The molecule has 0 fully saturated rings. The van der Waals surface area contributed by atoms with Crippen LogP contribution in [0.3, 0.4) is 0 Å². The monoisotopic (exact) mass is 420 g/mol. The molecule has 0 radical (unpaired) electrons. The average molecular weight is 421 g/mol. The number of carbonyl (C=O) groups excluding carboxylic acids is 1. The van der Waals surface area contributed by atoms with Crippen LogP contribution in [0.4, 0.5) is 0 Å². The van der Waals surface area contributed by atoms with Gasteiger partial charge >= 0.3 is 0 Å². The zero-order valence-corrected chi connectivity index (χ0v) is 18.7. The highest BCUT2D eigenvalue weighted by Crippen LogP contribution is 2.22. The Morgan fingerprint density at radius 3 is 2.32 bits per heavy atom. The molecule has 0 aromatic heterocycles. The standard InChI is InChI=1S/C21H28N2O3S2/c1-6-20(19-12-7-15(2)13-16(19)3)22-21(24)14-23(4)28(25,26)18-10-8-17(27-5)9-11-18/h7-13,20H,6,14H2,1-5H3,(H,22,24)/t20-/m1/s1. The summed E-state index contributed by atoms with van der Waals surface area (Å²) in [4.78, 5) is 13.7. The van der Waals surface area contributed by atoms with Crippen molar-refractivity contribution >= 4 is 27.7 Å². The van der Waals surface area contributed by atoms with Gasteiger partial charge in [0.05, 0.1) is 17.5 Å². The van der Waals surface area contributed by atoms with Crippen molar-refractivity contribution in [2.45, 2.75) is 43.0 Å². The van der Waals surface area contributed by atoms with Crippen LogP contribution >= 0.6 is 11.8 Å².